The first-order valence-electron chi connectivity index (χ1n) is 4.20. The molecule has 0 saturated heterocycles. The van der Waals surface area contributed by atoms with E-state index in [2.05, 4.69) is 6.58 Å². The van der Waals surface area contributed by atoms with Crippen molar-refractivity contribution in [2.45, 2.75) is 6.92 Å². The number of aliphatic hydroxyl groups is 1. The maximum absolute atomic E-state index is 11.2. The van der Waals surface area contributed by atoms with Crippen LogP contribution < -0.4 is 0 Å². The Morgan fingerprint density at radius 2 is 1.80 bits per heavy atom. The Morgan fingerprint density at radius 1 is 1.20 bits per heavy atom. The Morgan fingerprint density at radius 3 is 2.20 bits per heavy atom. The second-order valence-corrected chi connectivity index (χ2v) is 3.07. The molecular weight excluding hydrogens is 196 g/mol. The molecule has 0 aliphatic rings. The first-order valence-corrected chi connectivity index (χ1v) is 4.20. The number of hydrogen-bond donors (Lipinski definition) is 2. The van der Waals surface area contributed by atoms with Crippen LogP contribution in [0.3, 0.4) is 0 Å². The molecule has 0 aliphatic heterocycles. The number of ketones is 1. The van der Waals surface area contributed by atoms with Crippen molar-refractivity contribution in [2.75, 3.05) is 0 Å². The lowest BCUT2D eigenvalue weighted by atomic mass is 10.0. The molecule has 0 unspecified atom stereocenters. The third kappa shape index (κ3) is 2.22. The average molecular weight is 206 g/mol. The van der Waals surface area contributed by atoms with Gasteiger partial charge in [-0.1, -0.05) is 12.6 Å². The van der Waals surface area contributed by atoms with E-state index in [-0.39, 0.29) is 22.7 Å². The van der Waals surface area contributed by atoms with Gasteiger partial charge in [-0.05, 0) is 19.1 Å². The van der Waals surface area contributed by atoms with E-state index in [0.717, 1.165) is 0 Å². The molecule has 0 atom stereocenters. The van der Waals surface area contributed by atoms with Gasteiger partial charge in [-0.2, -0.15) is 0 Å². The highest BCUT2D eigenvalue weighted by Crippen LogP contribution is 2.17. The average Bonchev–Trinajstić information content (AvgIpc) is 2.16. The van der Waals surface area contributed by atoms with E-state index in [4.69, 9.17) is 10.2 Å². The lowest BCUT2D eigenvalue weighted by Gasteiger charge is -2.05. The van der Waals surface area contributed by atoms with Crippen LogP contribution in [0.25, 0.3) is 5.76 Å². The Kier molecular flexibility index (Phi) is 2.90. The second-order valence-electron chi connectivity index (χ2n) is 3.07. The molecule has 0 heterocycles. The number of rotatable bonds is 3. The first kappa shape index (κ1) is 11.0. The zero-order valence-corrected chi connectivity index (χ0v) is 8.15. The minimum Gasteiger partial charge on any atom is -0.508 e. The number of Topliss-reactive ketones (excluding diaryl/α,β-unsaturated/α-hetero) is 1. The van der Waals surface area contributed by atoms with Gasteiger partial charge in [0.15, 0.2) is 5.78 Å². The van der Waals surface area contributed by atoms with Crippen molar-refractivity contribution in [3.05, 3.63) is 41.5 Å². The summed E-state index contributed by atoms with van der Waals surface area (Å²) in [5.41, 5.74) is 0.327. The highest BCUT2D eigenvalue weighted by Gasteiger charge is 2.14. The van der Waals surface area contributed by atoms with Gasteiger partial charge in [0, 0.05) is 11.1 Å². The summed E-state index contributed by atoms with van der Waals surface area (Å²) in [6.45, 7) is 4.57. The zero-order valence-electron chi connectivity index (χ0n) is 8.15. The summed E-state index contributed by atoms with van der Waals surface area (Å²) < 4.78 is 0. The number of aromatic carboxylic acids is 1. The van der Waals surface area contributed by atoms with Crippen LogP contribution in [0.2, 0.25) is 0 Å². The molecule has 78 valence electrons. The van der Waals surface area contributed by atoms with Crippen LogP contribution >= 0.6 is 0 Å². The number of carboxylic acid groups (broad SMARTS) is 1. The molecule has 15 heavy (non-hydrogen) atoms. The SMILES string of the molecule is C=C(O)c1ccc(C(=O)O)c(C(C)=O)c1. The molecule has 0 spiro atoms. The predicted molar refractivity (Wildman–Crippen MR) is 55.1 cm³/mol. The normalized spacial score (nSPS) is 9.67. The van der Waals surface area contributed by atoms with Gasteiger partial charge >= 0.3 is 5.97 Å². The van der Waals surface area contributed by atoms with E-state index < -0.39 is 5.97 Å². The Labute approximate surface area is 86.5 Å². The fourth-order valence-electron chi connectivity index (χ4n) is 1.20. The van der Waals surface area contributed by atoms with E-state index in [1.54, 1.807) is 0 Å². The molecule has 0 aromatic heterocycles. The highest BCUT2D eigenvalue weighted by atomic mass is 16.4. The van der Waals surface area contributed by atoms with Crippen molar-refractivity contribution in [3.8, 4) is 0 Å². The lowest BCUT2D eigenvalue weighted by molar-refractivity contribution is 0.0692. The number of carbonyl (C=O) groups excluding carboxylic acids is 1. The van der Waals surface area contributed by atoms with E-state index in [0.29, 0.717) is 5.56 Å². The molecule has 4 heteroatoms. The molecule has 0 amide bonds. The fraction of sp³-hybridized carbons (Fsp3) is 0.0909. The van der Waals surface area contributed by atoms with Gasteiger partial charge in [0.05, 0.1) is 5.56 Å². The number of carboxylic acids is 1. The van der Waals surface area contributed by atoms with Gasteiger partial charge in [-0.3, -0.25) is 4.79 Å². The third-order valence-corrected chi connectivity index (χ3v) is 1.96. The van der Waals surface area contributed by atoms with Crippen LogP contribution in [-0.4, -0.2) is 22.0 Å². The van der Waals surface area contributed by atoms with Crippen molar-refractivity contribution < 1.29 is 19.8 Å². The van der Waals surface area contributed by atoms with Gasteiger partial charge in [0.2, 0.25) is 0 Å². The molecule has 4 nitrogen and oxygen atoms in total. The minimum absolute atomic E-state index is 0.0650. The van der Waals surface area contributed by atoms with Gasteiger partial charge in [0.25, 0.3) is 0 Å². The molecular formula is C11H10O4. The number of aliphatic hydroxyl groups excluding tert-OH is 1. The lowest BCUT2D eigenvalue weighted by Crippen LogP contribution is -2.06. The second kappa shape index (κ2) is 3.96. The summed E-state index contributed by atoms with van der Waals surface area (Å²) >= 11 is 0. The Balaban J connectivity index is 3.40. The highest BCUT2D eigenvalue weighted by molar-refractivity contribution is 6.05. The molecule has 0 bridgehead atoms. The van der Waals surface area contributed by atoms with Crippen LogP contribution in [0.1, 0.15) is 33.2 Å². The Bertz CT molecular complexity index is 446. The summed E-state index contributed by atoms with van der Waals surface area (Å²) in [4.78, 5) is 21.9. The van der Waals surface area contributed by atoms with Crippen molar-refractivity contribution in [2.24, 2.45) is 0 Å². The van der Waals surface area contributed by atoms with Gasteiger partial charge in [-0.25, -0.2) is 4.79 Å². The zero-order chi connectivity index (χ0) is 11.6. The van der Waals surface area contributed by atoms with Gasteiger partial charge in [0.1, 0.15) is 5.76 Å². The summed E-state index contributed by atoms with van der Waals surface area (Å²) in [6.07, 6.45) is 0. The summed E-state index contributed by atoms with van der Waals surface area (Å²) in [5, 5.41) is 17.9. The number of hydrogen-bond acceptors (Lipinski definition) is 3. The monoisotopic (exact) mass is 206 g/mol. The number of carbonyl (C=O) groups is 2. The molecule has 0 saturated carbocycles. The van der Waals surface area contributed by atoms with Crippen molar-refractivity contribution in [3.63, 3.8) is 0 Å². The first-order chi connectivity index (χ1) is 6.93. The van der Waals surface area contributed by atoms with Crippen molar-refractivity contribution in [1.29, 1.82) is 0 Å². The largest absolute Gasteiger partial charge is 0.508 e. The van der Waals surface area contributed by atoms with E-state index in [9.17, 15) is 9.59 Å². The van der Waals surface area contributed by atoms with Crippen LogP contribution in [0.15, 0.2) is 24.8 Å². The molecule has 0 fully saturated rings. The maximum atomic E-state index is 11.2. The standard InChI is InChI=1S/C11H10O4/c1-6(12)8-3-4-9(11(14)15)10(5-8)7(2)13/h3-5,12H,1H2,2H3,(H,14,15). The molecule has 0 radical (unpaired) electrons. The quantitative estimate of drug-likeness (QED) is 0.586. The summed E-state index contributed by atoms with van der Waals surface area (Å²) in [5.74, 6) is -1.74. The van der Waals surface area contributed by atoms with Crippen LogP contribution in [0.4, 0.5) is 0 Å². The van der Waals surface area contributed by atoms with Crippen LogP contribution in [0, 0.1) is 0 Å². The molecule has 0 aliphatic carbocycles. The van der Waals surface area contributed by atoms with Crippen molar-refractivity contribution in [1.82, 2.24) is 0 Å². The molecule has 1 rings (SSSR count). The third-order valence-electron chi connectivity index (χ3n) is 1.96. The molecule has 1 aromatic carbocycles. The Hall–Kier alpha value is -2.10. The van der Waals surface area contributed by atoms with E-state index >= 15 is 0 Å². The fourth-order valence-corrected chi connectivity index (χ4v) is 1.20. The number of benzene rings is 1. The summed E-state index contributed by atoms with van der Waals surface area (Å²) in [7, 11) is 0. The maximum Gasteiger partial charge on any atom is 0.336 e. The van der Waals surface area contributed by atoms with E-state index in [1.165, 1.54) is 25.1 Å². The topological polar surface area (TPSA) is 74.6 Å². The van der Waals surface area contributed by atoms with Crippen LogP contribution in [0.5, 0.6) is 0 Å². The van der Waals surface area contributed by atoms with Gasteiger partial charge < -0.3 is 10.2 Å². The molecule has 2 N–H and O–H groups in total. The predicted octanol–water partition coefficient (Wildman–Crippen LogP) is 2.12. The smallest absolute Gasteiger partial charge is 0.336 e. The van der Waals surface area contributed by atoms with Gasteiger partial charge in [-0.15, -0.1) is 0 Å². The minimum atomic E-state index is -1.17. The van der Waals surface area contributed by atoms with Crippen molar-refractivity contribution >= 4 is 17.5 Å². The van der Waals surface area contributed by atoms with Crippen LogP contribution in [-0.2, 0) is 0 Å². The van der Waals surface area contributed by atoms with E-state index in [1.807, 2.05) is 0 Å². The summed E-state index contributed by atoms with van der Waals surface area (Å²) in [6, 6.07) is 3.99. The molecule has 1 aromatic rings.